The van der Waals surface area contributed by atoms with Crippen molar-refractivity contribution in [2.24, 2.45) is 5.92 Å². The highest BCUT2D eigenvalue weighted by atomic mass is 16.5. The molecule has 2 rings (SSSR count). The van der Waals surface area contributed by atoms with Crippen LogP contribution in [0, 0.1) is 5.92 Å². The van der Waals surface area contributed by atoms with Gasteiger partial charge in [0.1, 0.15) is 5.82 Å². The van der Waals surface area contributed by atoms with E-state index < -0.39 is 0 Å². The largest absolute Gasteiger partial charge is 0.384 e. The smallest absolute Gasteiger partial charge is 0.252 e. The number of hydrogen-bond donors (Lipinski definition) is 1. The van der Waals surface area contributed by atoms with Gasteiger partial charge in [0.15, 0.2) is 0 Å². The van der Waals surface area contributed by atoms with Crippen LogP contribution in [0.15, 0.2) is 17.2 Å². The predicted molar refractivity (Wildman–Crippen MR) is 61.7 cm³/mol. The third-order valence-corrected chi connectivity index (χ3v) is 3.00. The summed E-state index contributed by atoms with van der Waals surface area (Å²) in [6, 6.07) is 1.55. The standard InChI is InChI=1S/C11H17N3O2/c1-16-7-9-2-4-14(5-3-9)10-6-11(15)13-8-12-10/h6,8-9H,2-5,7H2,1H3,(H,12,13,15). The third-order valence-electron chi connectivity index (χ3n) is 3.00. The summed E-state index contributed by atoms with van der Waals surface area (Å²) >= 11 is 0. The maximum atomic E-state index is 11.2. The molecule has 16 heavy (non-hydrogen) atoms. The zero-order chi connectivity index (χ0) is 11.4. The molecule has 1 aromatic heterocycles. The Labute approximate surface area is 94.5 Å². The Kier molecular flexibility index (Phi) is 3.56. The van der Waals surface area contributed by atoms with Crippen LogP contribution >= 0.6 is 0 Å². The molecular formula is C11H17N3O2. The molecule has 0 aromatic carbocycles. The summed E-state index contributed by atoms with van der Waals surface area (Å²) in [4.78, 5) is 20.0. The average molecular weight is 223 g/mol. The number of nitrogens with zero attached hydrogens (tertiary/aromatic N) is 2. The van der Waals surface area contributed by atoms with Crippen LogP contribution in [0.1, 0.15) is 12.8 Å². The van der Waals surface area contributed by atoms with Gasteiger partial charge in [0, 0.05) is 32.9 Å². The molecule has 0 bridgehead atoms. The maximum absolute atomic E-state index is 11.2. The molecule has 1 N–H and O–H groups in total. The summed E-state index contributed by atoms with van der Waals surface area (Å²) in [6.45, 7) is 2.73. The Bertz CT molecular complexity index is 383. The molecular weight excluding hydrogens is 206 g/mol. The Morgan fingerprint density at radius 2 is 2.31 bits per heavy atom. The Hall–Kier alpha value is -1.36. The van der Waals surface area contributed by atoms with Crippen molar-refractivity contribution in [3.8, 4) is 0 Å². The van der Waals surface area contributed by atoms with Crippen molar-refractivity contribution in [3.05, 3.63) is 22.7 Å². The molecule has 1 aliphatic heterocycles. The second-order valence-corrected chi connectivity index (χ2v) is 4.16. The topological polar surface area (TPSA) is 58.2 Å². The van der Waals surface area contributed by atoms with Gasteiger partial charge >= 0.3 is 0 Å². The number of piperidine rings is 1. The fraction of sp³-hybridized carbons (Fsp3) is 0.636. The van der Waals surface area contributed by atoms with Gasteiger partial charge in [-0.3, -0.25) is 4.79 Å². The summed E-state index contributed by atoms with van der Waals surface area (Å²) in [7, 11) is 1.74. The number of methoxy groups -OCH3 is 1. The van der Waals surface area contributed by atoms with Crippen molar-refractivity contribution >= 4 is 5.82 Å². The van der Waals surface area contributed by atoms with E-state index in [1.165, 1.54) is 6.33 Å². The lowest BCUT2D eigenvalue weighted by molar-refractivity contribution is 0.139. The molecule has 0 saturated carbocycles. The molecule has 5 nitrogen and oxygen atoms in total. The van der Waals surface area contributed by atoms with Gasteiger partial charge in [0.2, 0.25) is 0 Å². The van der Waals surface area contributed by atoms with Gasteiger partial charge in [-0.25, -0.2) is 4.98 Å². The van der Waals surface area contributed by atoms with Crippen LogP contribution in [-0.4, -0.2) is 36.8 Å². The van der Waals surface area contributed by atoms with Crippen molar-refractivity contribution < 1.29 is 4.74 Å². The van der Waals surface area contributed by atoms with Gasteiger partial charge in [0.05, 0.1) is 6.33 Å². The minimum atomic E-state index is -0.0935. The van der Waals surface area contributed by atoms with Crippen molar-refractivity contribution in [2.45, 2.75) is 12.8 Å². The number of H-pyrrole nitrogens is 1. The van der Waals surface area contributed by atoms with Crippen molar-refractivity contribution in [1.29, 1.82) is 0 Å². The number of aromatic amines is 1. The van der Waals surface area contributed by atoms with E-state index in [1.54, 1.807) is 13.2 Å². The van der Waals surface area contributed by atoms with E-state index in [0.717, 1.165) is 38.4 Å². The van der Waals surface area contributed by atoms with E-state index in [0.29, 0.717) is 5.92 Å². The monoisotopic (exact) mass is 223 g/mol. The summed E-state index contributed by atoms with van der Waals surface area (Å²) in [5, 5.41) is 0. The second kappa shape index (κ2) is 5.12. The van der Waals surface area contributed by atoms with E-state index in [9.17, 15) is 4.79 Å². The number of hydrogen-bond acceptors (Lipinski definition) is 4. The molecule has 1 fully saturated rings. The highest BCUT2D eigenvalue weighted by Gasteiger charge is 2.19. The van der Waals surface area contributed by atoms with Crippen LogP contribution in [-0.2, 0) is 4.74 Å². The number of nitrogens with one attached hydrogen (secondary N) is 1. The Morgan fingerprint density at radius 3 is 2.94 bits per heavy atom. The first-order valence-electron chi connectivity index (χ1n) is 5.58. The molecule has 0 unspecified atom stereocenters. The SMILES string of the molecule is COCC1CCN(c2cc(=O)[nH]cn2)CC1. The average Bonchev–Trinajstić information content (AvgIpc) is 2.30. The summed E-state index contributed by atoms with van der Waals surface area (Å²) in [6.07, 6.45) is 3.66. The van der Waals surface area contributed by atoms with Gasteiger partial charge < -0.3 is 14.6 Å². The van der Waals surface area contributed by atoms with Crippen molar-refractivity contribution in [1.82, 2.24) is 9.97 Å². The minimum absolute atomic E-state index is 0.0935. The third kappa shape index (κ3) is 2.61. The Balaban J connectivity index is 1.96. The number of anilines is 1. The normalized spacial score (nSPS) is 17.7. The lowest BCUT2D eigenvalue weighted by Gasteiger charge is -2.32. The molecule has 5 heteroatoms. The van der Waals surface area contributed by atoms with E-state index >= 15 is 0 Å². The highest BCUT2D eigenvalue weighted by Crippen LogP contribution is 2.20. The summed E-state index contributed by atoms with van der Waals surface area (Å²) in [5.41, 5.74) is -0.0935. The van der Waals surface area contributed by atoms with Crippen molar-refractivity contribution in [3.63, 3.8) is 0 Å². The molecule has 2 heterocycles. The molecule has 1 saturated heterocycles. The van der Waals surface area contributed by atoms with Gasteiger partial charge in [-0.05, 0) is 18.8 Å². The lowest BCUT2D eigenvalue weighted by Crippen LogP contribution is -2.36. The molecule has 1 aromatic rings. The maximum Gasteiger partial charge on any atom is 0.252 e. The zero-order valence-corrected chi connectivity index (χ0v) is 9.48. The van der Waals surface area contributed by atoms with Gasteiger partial charge in [0.25, 0.3) is 5.56 Å². The van der Waals surface area contributed by atoms with E-state index in [4.69, 9.17) is 4.74 Å². The van der Waals surface area contributed by atoms with Crippen LogP contribution in [0.5, 0.6) is 0 Å². The zero-order valence-electron chi connectivity index (χ0n) is 9.48. The number of aromatic nitrogens is 2. The Morgan fingerprint density at radius 1 is 1.56 bits per heavy atom. The molecule has 0 amide bonds. The number of rotatable bonds is 3. The first kappa shape index (κ1) is 11.1. The number of ether oxygens (including phenoxy) is 1. The fourth-order valence-electron chi connectivity index (χ4n) is 2.10. The van der Waals surface area contributed by atoms with Gasteiger partial charge in [-0.15, -0.1) is 0 Å². The summed E-state index contributed by atoms with van der Waals surface area (Å²) in [5.74, 6) is 1.42. The first-order chi connectivity index (χ1) is 7.79. The van der Waals surface area contributed by atoms with E-state index in [-0.39, 0.29) is 5.56 Å². The van der Waals surface area contributed by atoms with Crippen LogP contribution in [0.4, 0.5) is 5.82 Å². The molecule has 0 radical (unpaired) electrons. The summed E-state index contributed by atoms with van der Waals surface area (Å²) < 4.78 is 5.15. The highest BCUT2D eigenvalue weighted by molar-refractivity contribution is 5.36. The fourth-order valence-corrected chi connectivity index (χ4v) is 2.10. The van der Waals surface area contributed by atoms with Crippen LogP contribution in [0.25, 0.3) is 0 Å². The first-order valence-corrected chi connectivity index (χ1v) is 5.58. The molecule has 0 aliphatic carbocycles. The minimum Gasteiger partial charge on any atom is -0.384 e. The van der Waals surface area contributed by atoms with Crippen molar-refractivity contribution in [2.75, 3.05) is 31.7 Å². The van der Waals surface area contributed by atoms with E-state index in [2.05, 4.69) is 14.9 Å². The van der Waals surface area contributed by atoms with Crippen LogP contribution in [0.2, 0.25) is 0 Å². The van der Waals surface area contributed by atoms with Gasteiger partial charge in [-0.1, -0.05) is 0 Å². The predicted octanol–water partition coefficient (Wildman–Crippen LogP) is 0.633. The van der Waals surface area contributed by atoms with Gasteiger partial charge in [-0.2, -0.15) is 0 Å². The lowest BCUT2D eigenvalue weighted by atomic mass is 9.98. The molecule has 0 spiro atoms. The quantitative estimate of drug-likeness (QED) is 0.816. The molecule has 0 atom stereocenters. The molecule has 88 valence electrons. The second-order valence-electron chi connectivity index (χ2n) is 4.16. The molecule has 1 aliphatic rings. The van der Waals surface area contributed by atoms with Crippen LogP contribution < -0.4 is 10.5 Å². The van der Waals surface area contributed by atoms with E-state index in [1.807, 2.05) is 0 Å². The van der Waals surface area contributed by atoms with Crippen LogP contribution in [0.3, 0.4) is 0 Å².